The van der Waals surface area contributed by atoms with Crippen molar-refractivity contribution >= 4 is 29.4 Å². The van der Waals surface area contributed by atoms with E-state index in [9.17, 15) is 20.0 Å². The van der Waals surface area contributed by atoms with Gasteiger partial charge in [0.25, 0.3) is 0 Å². The molecule has 6 nitrogen and oxygen atoms in total. The third kappa shape index (κ3) is 2.36. The summed E-state index contributed by atoms with van der Waals surface area (Å²) in [6.07, 6.45) is -1.45. The Balaban J connectivity index is 2.60. The largest absolute Gasteiger partial charge is 0.465 e. The van der Waals surface area contributed by atoms with Gasteiger partial charge in [0.15, 0.2) is 0 Å². The Morgan fingerprint density at radius 2 is 2.25 bits per heavy atom. The molecule has 0 aliphatic carbocycles. The van der Waals surface area contributed by atoms with E-state index in [0.717, 1.165) is 0 Å². The van der Waals surface area contributed by atoms with E-state index in [1.807, 2.05) is 6.07 Å². The van der Waals surface area contributed by atoms with Gasteiger partial charge in [0, 0.05) is 10.7 Å². The molecule has 0 spiro atoms. The van der Waals surface area contributed by atoms with Crippen LogP contribution < -0.4 is 0 Å². The van der Waals surface area contributed by atoms with Gasteiger partial charge in [0.2, 0.25) is 0 Å². The normalized spacial score (nSPS) is 22.1. The molecule has 1 aliphatic rings. The van der Waals surface area contributed by atoms with Crippen molar-refractivity contribution in [3.63, 3.8) is 0 Å². The molecule has 1 heterocycles. The Hall–Kier alpha value is -2.39. The first kappa shape index (κ1) is 14.0. The monoisotopic (exact) mass is 291 g/mol. The molecule has 1 aromatic rings. The van der Waals surface area contributed by atoms with Crippen molar-refractivity contribution in [3.8, 4) is 6.07 Å². The molecule has 0 fully saturated rings. The maximum atomic E-state index is 11.8. The van der Waals surface area contributed by atoms with Crippen molar-refractivity contribution in [3.05, 3.63) is 34.9 Å². The second-order valence-electron chi connectivity index (χ2n) is 4.29. The first-order valence-corrected chi connectivity index (χ1v) is 6.10. The summed E-state index contributed by atoms with van der Waals surface area (Å²) in [4.78, 5) is 27.3. The van der Waals surface area contributed by atoms with Crippen LogP contribution in [0, 0.1) is 17.2 Å². The van der Waals surface area contributed by atoms with Gasteiger partial charge in [0.1, 0.15) is 5.92 Å². The quantitative estimate of drug-likeness (QED) is 0.860. The zero-order valence-corrected chi connectivity index (χ0v) is 11.2. The highest BCUT2D eigenvalue weighted by molar-refractivity contribution is 6.30. The number of imide groups is 1. The van der Waals surface area contributed by atoms with E-state index < -0.39 is 24.1 Å². The van der Waals surface area contributed by atoms with E-state index in [4.69, 9.17) is 11.6 Å². The molecule has 0 saturated heterocycles. The fraction of sp³-hybridized carbons (Fsp3) is 0.231. The topological polar surface area (TPSA) is 93.8 Å². The molecule has 7 heteroatoms. The number of carbonyl (C=O) groups excluding carboxylic acids is 1. The van der Waals surface area contributed by atoms with Gasteiger partial charge in [-0.25, -0.2) is 19.5 Å². The molecule has 1 aliphatic heterocycles. The van der Waals surface area contributed by atoms with Crippen LogP contribution in [-0.2, 0) is 0 Å². The van der Waals surface area contributed by atoms with Gasteiger partial charge >= 0.3 is 12.1 Å². The predicted octanol–water partition coefficient (Wildman–Crippen LogP) is 3.10. The lowest BCUT2D eigenvalue weighted by Gasteiger charge is -2.33. The van der Waals surface area contributed by atoms with E-state index in [1.54, 1.807) is 24.3 Å². The Morgan fingerprint density at radius 3 is 2.80 bits per heavy atom. The summed E-state index contributed by atoms with van der Waals surface area (Å²) in [7, 11) is 0. The summed E-state index contributed by atoms with van der Waals surface area (Å²) >= 11 is 5.89. The van der Waals surface area contributed by atoms with Crippen molar-refractivity contribution in [2.75, 3.05) is 0 Å². The number of aliphatic imine (C=N–C) groups is 1. The SMILES string of the molecule is CC1=NC(=O)N(C(=O)O)C(c2cccc(Cl)c2)C1C#N. The Kier molecular flexibility index (Phi) is 3.72. The minimum absolute atomic E-state index is 0.292. The van der Waals surface area contributed by atoms with E-state index in [-0.39, 0.29) is 0 Å². The highest BCUT2D eigenvalue weighted by atomic mass is 35.5. The highest BCUT2D eigenvalue weighted by Crippen LogP contribution is 2.34. The van der Waals surface area contributed by atoms with Crippen LogP contribution in [0.5, 0.6) is 0 Å². The van der Waals surface area contributed by atoms with E-state index in [1.165, 1.54) is 6.92 Å². The number of urea groups is 1. The number of nitriles is 1. The van der Waals surface area contributed by atoms with Crippen LogP contribution in [0.15, 0.2) is 29.3 Å². The second-order valence-corrected chi connectivity index (χ2v) is 4.73. The van der Waals surface area contributed by atoms with Gasteiger partial charge in [-0.3, -0.25) is 0 Å². The third-order valence-electron chi connectivity index (χ3n) is 3.06. The summed E-state index contributed by atoms with van der Waals surface area (Å²) in [6, 6.07) is 6.59. The molecule has 0 aromatic heterocycles. The zero-order valence-electron chi connectivity index (χ0n) is 10.4. The van der Waals surface area contributed by atoms with Crippen LogP contribution >= 0.6 is 11.6 Å². The maximum Gasteiger partial charge on any atom is 0.416 e. The molecule has 1 N–H and O–H groups in total. The molecule has 102 valence electrons. The summed E-state index contributed by atoms with van der Waals surface area (Å²) < 4.78 is 0. The average Bonchev–Trinajstić information content (AvgIpc) is 2.37. The second kappa shape index (κ2) is 5.31. The molecule has 0 radical (unpaired) electrons. The van der Waals surface area contributed by atoms with Crippen LogP contribution in [0.25, 0.3) is 0 Å². The lowest BCUT2D eigenvalue weighted by Crippen LogP contribution is -2.46. The van der Waals surface area contributed by atoms with Crippen molar-refractivity contribution in [1.82, 2.24) is 4.90 Å². The third-order valence-corrected chi connectivity index (χ3v) is 3.29. The van der Waals surface area contributed by atoms with Gasteiger partial charge in [-0.05, 0) is 24.6 Å². The number of amides is 3. The van der Waals surface area contributed by atoms with Crippen molar-refractivity contribution in [2.24, 2.45) is 10.9 Å². The number of carbonyl (C=O) groups is 2. The molecule has 0 bridgehead atoms. The van der Waals surface area contributed by atoms with Crippen molar-refractivity contribution in [2.45, 2.75) is 13.0 Å². The van der Waals surface area contributed by atoms with E-state index >= 15 is 0 Å². The summed E-state index contributed by atoms with van der Waals surface area (Å²) in [6.45, 7) is 1.53. The van der Waals surface area contributed by atoms with Crippen LogP contribution in [0.2, 0.25) is 5.02 Å². The number of halogens is 1. The fourth-order valence-electron chi connectivity index (χ4n) is 2.17. The summed E-state index contributed by atoms with van der Waals surface area (Å²) in [5.74, 6) is -0.831. The van der Waals surface area contributed by atoms with Crippen LogP contribution in [0.4, 0.5) is 9.59 Å². The molecular formula is C13H10ClN3O3. The standard InChI is InChI=1S/C13H10ClN3O3/c1-7-10(6-15)11(8-3-2-4-9(14)5-8)17(13(19)20)12(18)16-7/h2-5,10-11H,1H3,(H,19,20). The number of hydrogen-bond donors (Lipinski definition) is 1. The number of benzene rings is 1. The molecule has 2 atom stereocenters. The maximum absolute atomic E-state index is 11.8. The van der Waals surface area contributed by atoms with Crippen molar-refractivity contribution < 1.29 is 14.7 Å². The van der Waals surface area contributed by atoms with E-state index in [2.05, 4.69) is 4.99 Å². The van der Waals surface area contributed by atoms with Gasteiger partial charge in [-0.2, -0.15) is 5.26 Å². The first-order valence-electron chi connectivity index (χ1n) is 5.72. The van der Waals surface area contributed by atoms with Gasteiger partial charge in [0.05, 0.1) is 12.1 Å². The number of nitrogens with zero attached hydrogens (tertiary/aromatic N) is 3. The minimum atomic E-state index is -1.45. The average molecular weight is 292 g/mol. The Labute approximate surface area is 119 Å². The van der Waals surface area contributed by atoms with Gasteiger partial charge < -0.3 is 5.11 Å². The minimum Gasteiger partial charge on any atom is -0.465 e. The molecule has 2 rings (SSSR count). The smallest absolute Gasteiger partial charge is 0.416 e. The van der Waals surface area contributed by atoms with Crippen LogP contribution in [0.3, 0.4) is 0 Å². The van der Waals surface area contributed by atoms with Gasteiger partial charge in [-0.15, -0.1) is 0 Å². The van der Waals surface area contributed by atoms with Crippen LogP contribution in [0.1, 0.15) is 18.5 Å². The Bertz CT molecular complexity index is 651. The van der Waals surface area contributed by atoms with Gasteiger partial charge in [-0.1, -0.05) is 23.7 Å². The van der Waals surface area contributed by atoms with Crippen LogP contribution in [-0.4, -0.2) is 27.8 Å². The Morgan fingerprint density at radius 1 is 1.55 bits per heavy atom. The summed E-state index contributed by atoms with van der Waals surface area (Å²) in [5, 5.41) is 18.9. The molecular weight excluding hydrogens is 282 g/mol. The number of carboxylic acid groups (broad SMARTS) is 1. The molecule has 20 heavy (non-hydrogen) atoms. The van der Waals surface area contributed by atoms with E-state index in [0.29, 0.717) is 21.2 Å². The summed E-state index contributed by atoms with van der Waals surface area (Å²) in [5.41, 5.74) is 0.772. The number of hydrogen-bond acceptors (Lipinski definition) is 3. The molecule has 0 saturated carbocycles. The van der Waals surface area contributed by atoms with Crippen molar-refractivity contribution in [1.29, 1.82) is 5.26 Å². The molecule has 3 amide bonds. The number of rotatable bonds is 1. The zero-order chi connectivity index (χ0) is 14.9. The fourth-order valence-corrected chi connectivity index (χ4v) is 2.37. The lowest BCUT2D eigenvalue weighted by molar-refractivity contribution is 0.129. The highest BCUT2D eigenvalue weighted by Gasteiger charge is 2.42. The molecule has 1 aromatic carbocycles. The first-order chi connectivity index (χ1) is 9.45. The predicted molar refractivity (Wildman–Crippen MR) is 71.7 cm³/mol. The molecule has 2 unspecified atom stereocenters. The lowest BCUT2D eigenvalue weighted by atomic mass is 9.88.